The number of pyridine rings is 1. The molecular formula is C18H16N4O6. The second-order valence-electron chi connectivity index (χ2n) is 5.82. The van der Waals surface area contributed by atoms with E-state index in [1.807, 2.05) is 0 Å². The van der Waals surface area contributed by atoms with Crippen LogP contribution in [-0.4, -0.2) is 50.3 Å². The van der Waals surface area contributed by atoms with Gasteiger partial charge in [0.25, 0.3) is 11.5 Å². The van der Waals surface area contributed by atoms with Gasteiger partial charge in [-0.2, -0.15) is 0 Å². The molecule has 0 saturated heterocycles. The number of methoxy groups -OCH3 is 1. The summed E-state index contributed by atoms with van der Waals surface area (Å²) in [5.41, 5.74) is -0.597. The van der Waals surface area contributed by atoms with E-state index in [-0.39, 0.29) is 11.0 Å². The first-order valence-corrected chi connectivity index (χ1v) is 8.06. The van der Waals surface area contributed by atoms with Crippen LogP contribution in [0.4, 0.5) is 0 Å². The van der Waals surface area contributed by atoms with Crippen LogP contribution in [0, 0.1) is 0 Å². The van der Waals surface area contributed by atoms with Crippen molar-refractivity contribution >= 4 is 22.9 Å². The van der Waals surface area contributed by atoms with Crippen LogP contribution in [0.3, 0.4) is 0 Å². The van der Waals surface area contributed by atoms with E-state index in [4.69, 9.17) is 9.84 Å². The zero-order chi connectivity index (χ0) is 20.4. The van der Waals surface area contributed by atoms with Crippen LogP contribution in [0.15, 0.2) is 35.3 Å². The summed E-state index contributed by atoms with van der Waals surface area (Å²) in [6.07, 6.45) is 1.30. The Morgan fingerprint density at radius 1 is 1.25 bits per heavy atom. The lowest BCUT2D eigenvalue weighted by Crippen LogP contribution is -2.35. The molecule has 3 rings (SSSR count). The van der Waals surface area contributed by atoms with Crippen molar-refractivity contribution in [2.24, 2.45) is 7.05 Å². The van der Waals surface area contributed by atoms with Crippen molar-refractivity contribution in [2.45, 2.75) is 0 Å². The second-order valence-corrected chi connectivity index (χ2v) is 5.82. The third-order valence-electron chi connectivity index (χ3n) is 4.07. The fourth-order valence-corrected chi connectivity index (χ4v) is 2.62. The van der Waals surface area contributed by atoms with E-state index in [0.717, 1.165) is 4.57 Å². The van der Waals surface area contributed by atoms with Crippen molar-refractivity contribution in [2.75, 3.05) is 13.7 Å². The van der Waals surface area contributed by atoms with Crippen molar-refractivity contribution in [3.63, 3.8) is 0 Å². The van der Waals surface area contributed by atoms with E-state index < -0.39 is 35.3 Å². The van der Waals surface area contributed by atoms with Crippen LogP contribution < -0.4 is 15.6 Å². The number of amides is 1. The predicted molar refractivity (Wildman–Crippen MR) is 98.4 cm³/mol. The highest BCUT2D eigenvalue weighted by molar-refractivity contribution is 6.02. The number of benzene rings is 1. The summed E-state index contributed by atoms with van der Waals surface area (Å²) in [4.78, 5) is 43.8. The monoisotopic (exact) mass is 384 g/mol. The third-order valence-corrected chi connectivity index (χ3v) is 4.07. The summed E-state index contributed by atoms with van der Waals surface area (Å²) >= 11 is 0. The molecule has 10 nitrogen and oxygen atoms in total. The topological polar surface area (TPSA) is 144 Å². The molecule has 0 bridgehead atoms. The molecule has 0 aliphatic rings. The normalized spacial score (nSPS) is 10.6. The number of carboxylic acid groups (broad SMARTS) is 1. The quantitative estimate of drug-likeness (QED) is 0.578. The molecule has 1 amide bonds. The van der Waals surface area contributed by atoms with E-state index in [0.29, 0.717) is 17.1 Å². The Balaban J connectivity index is 2.11. The second kappa shape index (κ2) is 7.35. The number of fused-ring (bicyclic) bond motifs is 1. The molecule has 0 aliphatic carbocycles. The van der Waals surface area contributed by atoms with Crippen LogP contribution in [0.5, 0.6) is 11.5 Å². The number of carbonyl (C=O) groups excluding carboxylic acids is 1. The van der Waals surface area contributed by atoms with Gasteiger partial charge in [-0.3, -0.25) is 19.0 Å². The molecule has 0 saturated carbocycles. The number of aromatic hydroxyl groups is 1. The number of ether oxygens (including phenoxy) is 1. The van der Waals surface area contributed by atoms with Gasteiger partial charge >= 0.3 is 5.97 Å². The number of aliphatic carboxylic acids is 1. The van der Waals surface area contributed by atoms with Gasteiger partial charge in [0.05, 0.1) is 12.5 Å². The molecule has 3 N–H and O–H groups in total. The smallest absolute Gasteiger partial charge is 0.322 e. The number of aromatic nitrogens is 3. The molecule has 2 heterocycles. The molecule has 28 heavy (non-hydrogen) atoms. The minimum absolute atomic E-state index is 0.0832. The number of hydrogen-bond acceptors (Lipinski definition) is 7. The Labute approximate surface area is 158 Å². The third kappa shape index (κ3) is 3.34. The van der Waals surface area contributed by atoms with Crippen molar-refractivity contribution < 1.29 is 24.5 Å². The molecule has 0 unspecified atom stereocenters. The van der Waals surface area contributed by atoms with Gasteiger partial charge in [0.2, 0.25) is 0 Å². The number of hydrogen-bond donors (Lipinski definition) is 3. The zero-order valence-electron chi connectivity index (χ0n) is 15.0. The number of carbonyl (C=O) groups is 2. The first-order chi connectivity index (χ1) is 13.3. The molecule has 0 aliphatic heterocycles. The molecule has 2 aromatic heterocycles. The zero-order valence-corrected chi connectivity index (χ0v) is 15.0. The van der Waals surface area contributed by atoms with Gasteiger partial charge in [0.1, 0.15) is 29.3 Å². The predicted octanol–water partition coefficient (Wildman–Crippen LogP) is 0.524. The molecule has 3 aromatic rings. The highest BCUT2D eigenvalue weighted by Gasteiger charge is 2.22. The SMILES string of the molecule is COc1ccc(-c2ncc3c(O)c(C(=O)NCC(=O)O)c(=O)n(C)c3n2)cc1. The minimum atomic E-state index is -1.28. The maximum Gasteiger partial charge on any atom is 0.322 e. The highest BCUT2D eigenvalue weighted by atomic mass is 16.5. The first kappa shape index (κ1) is 18.8. The van der Waals surface area contributed by atoms with Crippen molar-refractivity contribution in [1.29, 1.82) is 0 Å². The average Bonchev–Trinajstić information content (AvgIpc) is 2.70. The maximum absolute atomic E-state index is 12.5. The van der Waals surface area contributed by atoms with E-state index >= 15 is 0 Å². The van der Waals surface area contributed by atoms with Gasteiger partial charge < -0.3 is 20.3 Å². The molecule has 1 aromatic carbocycles. The Morgan fingerprint density at radius 2 is 1.93 bits per heavy atom. The summed E-state index contributed by atoms with van der Waals surface area (Å²) < 4.78 is 6.20. The number of rotatable bonds is 5. The summed E-state index contributed by atoms with van der Waals surface area (Å²) in [5.74, 6) is -1.92. The molecule has 0 atom stereocenters. The summed E-state index contributed by atoms with van der Waals surface area (Å²) in [5, 5.41) is 21.2. The Morgan fingerprint density at radius 3 is 2.54 bits per heavy atom. The number of aryl methyl sites for hydroxylation is 1. The largest absolute Gasteiger partial charge is 0.506 e. The Bertz CT molecular complexity index is 1140. The fourth-order valence-electron chi connectivity index (χ4n) is 2.62. The van der Waals surface area contributed by atoms with Crippen molar-refractivity contribution in [3.8, 4) is 22.9 Å². The van der Waals surface area contributed by atoms with Gasteiger partial charge in [-0.05, 0) is 24.3 Å². The lowest BCUT2D eigenvalue weighted by molar-refractivity contribution is -0.135. The van der Waals surface area contributed by atoms with Gasteiger partial charge in [-0.25, -0.2) is 9.97 Å². The van der Waals surface area contributed by atoms with E-state index in [1.165, 1.54) is 13.2 Å². The van der Waals surface area contributed by atoms with Crippen LogP contribution in [0.1, 0.15) is 10.4 Å². The number of nitrogens with zero attached hydrogens (tertiary/aromatic N) is 3. The number of carboxylic acids is 1. The average molecular weight is 384 g/mol. The molecule has 0 radical (unpaired) electrons. The highest BCUT2D eigenvalue weighted by Crippen LogP contribution is 2.27. The lowest BCUT2D eigenvalue weighted by atomic mass is 10.1. The maximum atomic E-state index is 12.5. The Kier molecular flexibility index (Phi) is 4.94. The number of nitrogens with one attached hydrogen (secondary N) is 1. The van der Waals surface area contributed by atoms with E-state index in [9.17, 15) is 19.5 Å². The molecule has 10 heteroatoms. The first-order valence-electron chi connectivity index (χ1n) is 8.06. The van der Waals surface area contributed by atoms with Gasteiger partial charge in [-0.15, -0.1) is 0 Å². The molecule has 0 fully saturated rings. The van der Waals surface area contributed by atoms with Crippen molar-refractivity contribution in [3.05, 3.63) is 46.4 Å². The molecule has 144 valence electrons. The lowest BCUT2D eigenvalue weighted by Gasteiger charge is -2.11. The summed E-state index contributed by atoms with van der Waals surface area (Å²) in [7, 11) is 2.94. The van der Waals surface area contributed by atoms with Gasteiger partial charge in [0.15, 0.2) is 5.82 Å². The van der Waals surface area contributed by atoms with Crippen LogP contribution in [-0.2, 0) is 11.8 Å². The van der Waals surface area contributed by atoms with Crippen LogP contribution >= 0.6 is 0 Å². The van der Waals surface area contributed by atoms with Crippen molar-refractivity contribution in [1.82, 2.24) is 19.9 Å². The fraction of sp³-hybridized carbons (Fsp3) is 0.167. The van der Waals surface area contributed by atoms with E-state index in [1.54, 1.807) is 31.4 Å². The van der Waals surface area contributed by atoms with Gasteiger partial charge in [-0.1, -0.05) is 0 Å². The van der Waals surface area contributed by atoms with Crippen LogP contribution in [0.25, 0.3) is 22.4 Å². The minimum Gasteiger partial charge on any atom is -0.506 e. The molecular weight excluding hydrogens is 368 g/mol. The standard InChI is InChI=1S/C18H16N4O6/c1-22-16-11(14(25)13(18(22)27)17(26)20-8-12(23)24)7-19-15(21-16)9-3-5-10(28-2)6-4-9/h3-7,25H,8H2,1-2H3,(H,20,26)(H,23,24). The molecule has 0 spiro atoms. The Hall–Kier alpha value is -3.95. The summed E-state index contributed by atoms with van der Waals surface area (Å²) in [6, 6.07) is 6.95. The summed E-state index contributed by atoms with van der Waals surface area (Å²) in [6.45, 7) is -0.688. The van der Waals surface area contributed by atoms with E-state index in [2.05, 4.69) is 15.3 Å². The van der Waals surface area contributed by atoms with Crippen LogP contribution in [0.2, 0.25) is 0 Å². The van der Waals surface area contributed by atoms with Gasteiger partial charge in [0, 0.05) is 18.8 Å².